The second kappa shape index (κ2) is 3.05. The van der Waals surface area contributed by atoms with E-state index in [1.165, 1.54) is 15.7 Å². The van der Waals surface area contributed by atoms with Gasteiger partial charge in [0.25, 0.3) is 5.56 Å². The van der Waals surface area contributed by atoms with E-state index in [0.717, 1.165) is 0 Å². The summed E-state index contributed by atoms with van der Waals surface area (Å²) in [6.07, 6.45) is 1.71. The summed E-state index contributed by atoms with van der Waals surface area (Å²) in [7, 11) is 0. The number of benzene rings is 1. The maximum atomic E-state index is 12.0. The van der Waals surface area contributed by atoms with Crippen LogP contribution in [0.4, 0.5) is 0 Å². The molecule has 2 heterocycles. The normalized spacial score (nSPS) is 11.3. The van der Waals surface area contributed by atoms with Crippen molar-refractivity contribution in [3.8, 4) is 0 Å². The van der Waals surface area contributed by atoms with E-state index in [1.54, 1.807) is 24.4 Å². The van der Waals surface area contributed by atoms with Gasteiger partial charge in [-0.2, -0.15) is 0 Å². The molecule has 0 spiro atoms. The number of thiazole rings is 1. The van der Waals surface area contributed by atoms with Gasteiger partial charge in [0.05, 0.1) is 15.9 Å². The smallest absolute Gasteiger partial charge is 0.267 e. The number of hydrogen-bond acceptors (Lipinski definition) is 3. The Kier molecular flexibility index (Phi) is 1.81. The Balaban J connectivity index is 2.71. The molecule has 0 N–H and O–H groups in total. The summed E-state index contributed by atoms with van der Waals surface area (Å²) in [6, 6.07) is 5.29. The Bertz CT molecular complexity index is 716. The van der Waals surface area contributed by atoms with Crippen molar-refractivity contribution < 1.29 is 0 Å². The van der Waals surface area contributed by atoms with E-state index >= 15 is 0 Å². The number of halogens is 1. The van der Waals surface area contributed by atoms with E-state index in [-0.39, 0.29) is 5.56 Å². The maximum Gasteiger partial charge on any atom is 0.267 e. The highest BCUT2D eigenvalue weighted by atomic mass is 35.5. The molecule has 0 aliphatic heterocycles. The summed E-state index contributed by atoms with van der Waals surface area (Å²) in [5.41, 5.74) is 0.539. The largest absolute Gasteiger partial charge is 0.268 e. The van der Waals surface area contributed by atoms with Crippen LogP contribution in [0.2, 0.25) is 5.02 Å². The van der Waals surface area contributed by atoms with Gasteiger partial charge in [0, 0.05) is 11.6 Å². The average molecular weight is 237 g/mol. The monoisotopic (exact) mass is 236 g/mol. The molecule has 3 aromatic rings. The zero-order valence-corrected chi connectivity index (χ0v) is 9.05. The molecule has 0 bridgehead atoms. The predicted molar refractivity (Wildman–Crippen MR) is 61.9 cm³/mol. The quantitative estimate of drug-likeness (QED) is 0.601. The lowest BCUT2D eigenvalue weighted by Gasteiger charge is -1.99. The fraction of sp³-hybridized carbons (Fsp3) is 0. The Morgan fingerprint density at radius 3 is 3.13 bits per heavy atom. The zero-order valence-electron chi connectivity index (χ0n) is 7.48. The Labute approximate surface area is 93.6 Å². The molecule has 0 radical (unpaired) electrons. The summed E-state index contributed by atoms with van der Waals surface area (Å²) in [4.78, 5) is 17.1. The van der Waals surface area contributed by atoms with Gasteiger partial charge in [-0.15, -0.1) is 11.3 Å². The summed E-state index contributed by atoms with van der Waals surface area (Å²) < 4.78 is 1.51. The van der Waals surface area contributed by atoms with Crippen LogP contribution in [-0.2, 0) is 0 Å². The van der Waals surface area contributed by atoms with Gasteiger partial charge < -0.3 is 0 Å². The number of fused-ring (bicyclic) bond motifs is 2. The van der Waals surface area contributed by atoms with Gasteiger partial charge in [0.15, 0.2) is 4.96 Å². The number of rotatable bonds is 0. The van der Waals surface area contributed by atoms with Crippen LogP contribution in [0.25, 0.3) is 15.9 Å². The molecule has 2 aromatic heterocycles. The molecule has 3 rings (SSSR count). The van der Waals surface area contributed by atoms with E-state index in [0.29, 0.717) is 20.9 Å². The van der Waals surface area contributed by atoms with Gasteiger partial charge in [0.2, 0.25) is 0 Å². The third-order valence-corrected chi connectivity index (χ3v) is 3.30. The van der Waals surface area contributed by atoms with Gasteiger partial charge in [-0.1, -0.05) is 17.7 Å². The first-order valence-electron chi connectivity index (χ1n) is 4.31. The van der Waals surface area contributed by atoms with Crippen molar-refractivity contribution in [1.82, 2.24) is 9.38 Å². The van der Waals surface area contributed by atoms with Crippen LogP contribution < -0.4 is 5.56 Å². The second-order valence-corrected chi connectivity index (χ2v) is 4.39. The number of aromatic nitrogens is 2. The molecule has 74 valence electrons. The number of hydrogen-bond donors (Lipinski definition) is 0. The molecule has 1 aromatic carbocycles. The third-order valence-electron chi connectivity index (χ3n) is 2.23. The zero-order chi connectivity index (χ0) is 10.4. The third kappa shape index (κ3) is 1.19. The van der Waals surface area contributed by atoms with Crippen LogP contribution >= 0.6 is 22.9 Å². The Morgan fingerprint density at radius 1 is 1.40 bits per heavy atom. The summed E-state index contributed by atoms with van der Waals surface area (Å²) in [6.45, 7) is 0. The van der Waals surface area contributed by atoms with Crippen LogP contribution in [0, 0.1) is 0 Å². The molecule has 0 amide bonds. The molecular formula is C10H5ClN2OS. The highest BCUT2D eigenvalue weighted by Crippen LogP contribution is 2.19. The predicted octanol–water partition coefficient (Wildman–Crippen LogP) is 2.56. The van der Waals surface area contributed by atoms with Crippen molar-refractivity contribution in [2.75, 3.05) is 0 Å². The highest BCUT2D eigenvalue weighted by Gasteiger charge is 2.08. The first-order chi connectivity index (χ1) is 7.27. The molecule has 15 heavy (non-hydrogen) atoms. The fourth-order valence-electron chi connectivity index (χ4n) is 1.55. The summed E-state index contributed by atoms with van der Waals surface area (Å²) in [5, 5.41) is 2.76. The Hall–Kier alpha value is -1.39. The topological polar surface area (TPSA) is 34.4 Å². The molecule has 0 fully saturated rings. The van der Waals surface area contributed by atoms with Gasteiger partial charge >= 0.3 is 0 Å². The average Bonchev–Trinajstić information content (AvgIpc) is 2.66. The SMILES string of the molecule is O=c1c2c(Cl)cccc2nc2sccn12. The van der Waals surface area contributed by atoms with Crippen molar-refractivity contribution >= 4 is 38.8 Å². The lowest BCUT2D eigenvalue weighted by atomic mass is 10.2. The lowest BCUT2D eigenvalue weighted by Crippen LogP contribution is -2.12. The molecule has 5 heteroatoms. The first-order valence-corrected chi connectivity index (χ1v) is 5.57. The second-order valence-electron chi connectivity index (χ2n) is 3.11. The van der Waals surface area contributed by atoms with Crippen molar-refractivity contribution in [2.45, 2.75) is 0 Å². The minimum absolute atomic E-state index is 0.109. The first kappa shape index (κ1) is 8.88. The van der Waals surface area contributed by atoms with Crippen LogP contribution in [-0.4, -0.2) is 9.38 Å². The molecule has 0 saturated carbocycles. The van der Waals surface area contributed by atoms with Crippen LogP contribution in [0.1, 0.15) is 0 Å². The minimum atomic E-state index is -0.109. The molecule has 0 aliphatic rings. The van der Waals surface area contributed by atoms with Gasteiger partial charge in [0.1, 0.15) is 0 Å². The fourth-order valence-corrected chi connectivity index (χ4v) is 2.51. The summed E-state index contributed by atoms with van der Waals surface area (Å²) >= 11 is 7.41. The van der Waals surface area contributed by atoms with Crippen molar-refractivity contribution in [2.24, 2.45) is 0 Å². The van der Waals surface area contributed by atoms with E-state index in [4.69, 9.17) is 11.6 Å². The minimum Gasteiger partial charge on any atom is -0.268 e. The maximum absolute atomic E-state index is 12.0. The Morgan fingerprint density at radius 2 is 2.27 bits per heavy atom. The standard InChI is InChI=1S/C10H5ClN2OS/c11-6-2-1-3-7-8(6)9(14)13-4-5-15-10(13)12-7/h1-5H. The van der Waals surface area contributed by atoms with Crippen molar-refractivity contribution in [1.29, 1.82) is 0 Å². The number of nitrogens with zero attached hydrogens (tertiary/aromatic N) is 2. The highest BCUT2D eigenvalue weighted by molar-refractivity contribution is 7.15. The molecule has 0 unspecified atom stereocenters. The lowest BCUT2D eigenvalue weighted by molar-refractivity contribution is 1.11. The van der Waals surface area contributed by atoms with E-state index < -0.39 is 0 Å². The van der Waals surface area contributed by atoms with E-state index in [2.05, 4.69) is 4.98 Å². The van der Waals surface area contributed by atoms with Crippen molar-refractivity contribution in [3.05, 3.63) is 45.2 Å². The molecule has 3 nitrogen and oxygen atoms in total. The van der Waals surface area contributed by atoms with Gasteiger partial charge in [-0.05, 0) is 12.1 Å². The molecular weight excluding hydrogens is 232 g/mol. The summed E-state index contributed by atoms with van der Waals surface area (Å²) in [5.74, 6) is 0. The molecule has 0 atom stereocenters. The van der Waals surface area contributed by atoms with Crippen LogP contribution in [0.5, 0.6) is 0 Å². The molecule has 0 saturated heterocycles. The van der Waals surface area contributed by atoms with E-state index in [1.807, 2.05) is 5.38 Å². The van der Waals surface area contributed by atoms with Crippen molar-refractivity contribution in [3.63, 3.8) is 0 Å². The molecule has 0 aliphatic carbocycles. The van der Waals surface area contributed by atoms with E-state index in [9.17, 15) is 4.79 Å². The van der Waals surface area contributed by atoms with Gasteiger partial charge in [-0.25, -0.2) is 4.98 Å². The van der Waals surface area contributed by atoms with Gasteiger partial charge in [-0.3, -0.25) is 9.20 Å². The van der Waals surface area contributed by atoms with Crippen LogP contribution in [0.15, 0.2) is 34.6 Å². The van der Waals surface area contributed by atoms with Crippen LogP contribution in [0.3, 0.4) is 0 Å².